The predicted molar refractivity (Wildman–Crippen MR) is 91.4 cm³/mol. The van der Waals surface area contributed by atoms with E-state index in [0.717, 1.165) is 17.3 Å². The van der Waals surface area contributed by atoms with E-state index in [0.29, 0.717) is 19.7 Å². The molecule has 0 saturated carbocycles. The van der Waals surface area contributed by atoms with Crippen molar-refractivity contribution in [1.82, 2.24) is 10.6 Å². The second-order valence-corrected chi connectivity index (χ2v) is 3.68. The summed E-state index contributed by atoms with van der Waals surface area (Å²) in [5.41, 5.74) is 1.16. The van der Waals surface area contributed by atoms with E-state index < -0.39 is 0 Å². The van der Waals surface area contributed by atoms with Crippen LogP contribution in [-0.4, -0.2) is 26.2 Å². The minimum Gasteiger partial charge on any atom is -0.494 e. The Balaban J connectivity index is 0.00000324. The minimum absolute atomic E-state index is 0. The van der Waals surface area contributed by atoms with Gasteiger partial charge in [0.1, 0.15) is 5.75 Å². The van der Waals surface area contributed by atoms with Gasteiger partial charge in [0.2, 0.25) is 0 Å². The van der Waals surface area contributed by atoms with Crippen LogP contribution >= 0.6 is 24.0 Å². The molecule has 0 heterocycles. The van der Waals surface area contributed by atoms with Gasteiger partial charge in [0.05, 0.1) is 6.61 Å². The fourth-order valence-corrected chi connectivity index (χ4v) is 1.49. The zero-order chi connectivity index (χ0) is 13.2. The van der Waals surface area contributed by atoms with Gasteiger partial charge in [-0.3, -0.25) is 4.99 Å². The van der Waals surface area contributed by atoms with Crippen molar-refractivity contribution in [2.45, 2.75) is 13.5 Å². The van der Waals surface area contributed by atoms with Crippen LogP contribution in [0, 0.1) is 0 Å². The Bertz CT molecular complexity index is 407. The average Bonchev–Trinajstić information content (AvgIpc) is 2.40. The molecule has 0 radical (unpaired) electrons. The van der Waals surface area contributed by atoms with Crippen LogP contribution in [0.4, 0.5) is 0 Å². The standard InChI is InChI=1S/C14H21N3O.HI/c1-4-9-16-14(15-3)17-11-12-7-6-8-13(10-12)18-5-2;/h4,6-8,10H,1,5,9,11H2,2-3H3,(H2,15,16,17);1H. The van der Waals surface area contributed by atoms with E-state index in [4.69, 9.17) is 4.74 Å². The van der Waals surface area contributed by atoms with Crippen molar-refractivity contribution >= 4 is 29.9 Å². The van der Waals surface area contributed by atoms with Crippen LogP contribution in [0.3, 0.4) is 0 Å². The van der Waals surface area contributed by atoms with E-state index in [1.165, 1.54) is 0 Å². The summed E-state index contributed by atoms with van der Waals surface area (Å²) in [7, 11) is 1.75. The lowest BCUT2D eigenvalue weighted by Gasteiger charge is -2.11. The molecule has 0 unspecified atom stereocenters. The van der Waals surface area contributed by atoms with Gasteiger partial charge < -0.3 is 15.4 Å². The molecule has 0 saturated heterocycles. The Hall–Kier alpha value is -1.24. The van der Waals surface area contributed by atoms with Crippen LogP contribution in [0.25, 0.3) is 0 Å². The monoisotopic (exact) mass is 375 g/mol. The van der Waals surface area contributed by atoms with Gasteiger partial charge in [0.15, 0.2) is 5.96 Å². The van der Waals surface area contributed by atoms with Crippen molar-refractivity contribution < 1.29 is 4.74 Å². The molecule has 0 aliphatic heterocycles. The van der Waals surface area contributed by atoms with Crippen molar-refractivity contribution in [2.24, 2.45) is 4.99 Å². The molecule has 0 bridgehead atoms. The van der Waals surface area contributed by atoms with Crippen LogP contribution in [0.5, 0.6) is 5.75 Å². The van der Waals surface area contributed by atoms with Crippen LogP contribution < -0.4 is 15.4 Å². The first-order chi connectivity index (χ1) is 8.80. The third-order valence-corrected chi connectivity index (χ3v) is 2.31. The fourth-order valence-electron chi connectivity index (χ4n) is 1.49. The van der Waals surface area contributed by atoms with E-state index in [9.17, 15) is 0 Å². The number of hydrogen-bond acceptors (Lipinski definition) is 2. The van der Waals surface area contributed by atoms with Gasteiger partial charge in [-0.05, 0) is 24.6 Å². The van der Waals surface area contributed by atoms with Gasteiger partial charge in [-0.1, -0.05) is 18.2 Å². The zero-order valence-electron chi connectivity index (χ0n) is 11.5. The normalized spacial score (nSPS) is 10.3. The maximum absolute atomic E-state index is 5.46. The number of guanidine groups is 1. The molecular formula is C14H22IN3O. The van der Waals surface area contributed by atoms with Crippen molar-refractivity contribution in [3.8, 4) is 5.75 Å². The van der Waals surface area contributed by atoms with Gasteiger partial charge in [-0.25, -0.2) is 0 Å². The number of nitrogens with one attached hydrogen (secondary N) is 2. The molecule has 0 fully saturated rings. The first-order valence-electron chi connectivity index (χ1n) is 6.07. The van der Waals surface area contributed by atoms with Crippen molar-refractivity contribution in [1.29, 1.82) is 0 Å². The van der Waals surface area contributed by atoms with Crippen molar-refractivity contribution in [2.75, 3.05) is 20.2 Å². The van der Waals surface area contributed by atoms with E-state index in [2.05, 4.69) is 28.3 Å². The van der Waals surface area contributed by atoms with Gasteiger partial charge in [0.25, 0.3) is 0 Å². The maximum Gasteiger partial charge on any atom is 0.191 e. The molecule has 1 rings (SSSR count). The number of aliphatic imine (C=N–C) groups is 1. The van der Waals surface area contributed by atoms with Crippen LogP contribution in [0.2, 0.25) is 0 Å². The topological polar surface area (TPSA) is 45.7 Å². The highest BCUT2D eigenvalue weighted by Crippen LogP contribution is 2.12. The third-order valence-electron chi connectivity index (χ3n) is 2.31. The molecule has 4 nitrogen and oxygen atoms in total. The Kier molecular flexibility index (Phi) is 9.97. The summed E-state index contributed by atoms with van der Waals surface area (Å²) in [4.78, 5) is 4.11. The van der Waals surface area contributed by atoms with Crippen LogP contribution in [0.15, 0.2) is 41.9 Å². The molecule has 106 valence electrons. The Morgan fingerprint density at radius 2 is 2.21 bits per heavy atom. The molecule has 0 atom stereocenters. The number of hydrogen-bond donors (Lipinski definition) is 2. The number of ether oxygens (including phenoxy) is 1. The number of rotatable bonds is 6. The van der Waals surface area contributed by atoms with E-state index in [1.54, 1.807) is 13.1 Å². The number of halogens is 1. The highest BCUT2D eigenvalue weighted by molar-refractivity contribution is 14.0. The first kappa shape index (κ1) is 17.8. The average molecular weight is 375 g/mol. The predicted octanol–water partition coefficient (Wildman–Crippen LogP) is 2.55. The summed E-state index contributed by atoms with van der Waals surface area (Å²) < 4.78 is 5.46. The summed E-state index contributed by atoms with van der Waals surface area (Å²) >= 11 is 0. The Labute approximate surface area is 132 Å². The molecule has 0 amide bonds. The molecular weight excluding hydrogens is 353 g/mol. The lowest BCUT2D eigenvalue weighted by molar-refractivity contribution is 0.340. The largest absolute Gasteiger partial charge is 0.494 e. The van der Waals surface area contributed by atoms with Crippen LogP contribution in [-0.2, 0) is 6.54 Å². The summed E-state index contributed by atoms with van der Waals surface area (Å²) in [6, 6.07) is 8.02. The maximum atomic E-state index is 5.46. The number of nitrogens with zero attached hydrogens (tertiary/aromatic N) is 1. The molecule has 1 aromatic carbocycles. The fraction of sp³-hybridized carbons (Fsp3) is 0.357. The summed E-state index contributed by atoms with van der Waals surface area (Å²) in [6.07, 6.45) is 1.79. The smallest absolute Gasteiger partial charge is 0.191 e. The second-order valence-electron chi connectivity index (χ2n) is 3.68. The Morgan fingerprint density at radius 3 is 2.84 bits per heavy atom. The summed E-state index contributed by atoms with van der Waals surface area (Å²) in [5, 5.41) is 6.34. The molecule has 0 aliphatic carbocycles. The third kappa shape index (κ3) is 7.05. The highest BCUT2D eigenvalue weighted by Gasteiger charge is 1.98. The molecule has 19 heavy (non-hydrogen) atoms. The minimum atomic E-state index is 0. The first-order valence-corrected chi connectivity index (χ1v) is 6.07. The SMILES string of the molecule is C=CCNC(=NC)NCc1cccc(OCC)c1.I. The molecule has 0 aromatic heterocycles. The molecule has 5 heteroatoms. The van der Waals surface area contributed by atoms with E-state index >= 15 is 0 Å². The molecule has 2 N–H and O–H groups in total. The number of benzene rings is 1. The van der Waals surface area contributed by atoms with Crippen LogP contribution in [0.1, 0.15) is 12.5 Å². The van der Waals surface area contributed by atoms with E-state index in [-0.39, 0.29) is 24.0 Å². The Morgan fingerprint density at radius 1 is 1.42 bits per heavy atom. The van der Waals surface area contributed by atoms with Crippen molar-refractivity contribution in [3.05, 3.63) is 42.5 Å². The molecule has 0 aliphatic rings. The van der Waals surface area contributed by atoms with Gasteiger partial charge >= 0.3 is 0 Å². The van der Waals surface area contributed by atoms with E-state index in [1.807, 2.05) is 25.1 Å². The van der Waals surface area contributed by atoms with Gasteiger partial charge in [0, 0.05) is 20.1 Å². The van der Waals surface area contributed by atoms with Crippen molar-refractivity contribution in [3.63, 3.8) is 0 Å². The zero-order valence-corrected chi connectivity index (χ0v) is 13.8. The lowest BCUT2D eigenvalue weighted by atomic mass is 10.2. The van der Waals surface area contributed by atoms with Gasteiger partial charge in [-0.15, -0.1) is 30.6 Å². The van der Waals surface area contributed by atoms with Gasteiger partial charge in [-0.2, -0.15) is 0 Å². The summed E-state index contributed by atoms with van der Waals surface area (Å²) in [5.74, 6) is 1.66. The lowest BCUT2D eigenvalue weighted by Crippen LogP contribution is -2.36. The summed E-state index contributed by atoms with van der Waals surface area (Å²) in [6.45, 7) is 7.71. The highest BCUT2D eigenvalue weighted by atomic mass is 127. The quantitative estimate of drug-likeness (QED) is 0.348. The molecule has 1 aromatic rings. The second kappa shape index (κ2) is 10.7. The molecule has 0 spiro atoms.